The number of nitrogens with zero attached hydrogens (tertiary/aromatic N) is 2. The van der Waals surface area contributed by atoms with Crippen LogP contribution in [0.3, 0.4) is 0 Å². The molecule has 0 saturated heterocycles. The molecular weight excluding hydrogens is 466 g/mol. The van der Waals surface area contributed by atoms with Gasteiger partial charge in [-0.3, -0.25) is 4.79 Å². The van der Waals surface area contributed by atoms with Crippen molar-refractivity contribution in [3.63, 3.8) is 0 Å². The first-order chi connectivity index (χ1) is 16.4. The van der Waals surface area contributed by atoms with Crippen LogP contribution in [0, 0.1) is 13.8 Å². The molecule has 2 unspecified atom stereocenters. The molecule has 4 rings (SSSR count). The number of nitrogens with one attached hydrogen (secondary N) is 1. The number of aryl methyl sites for hydroxylation is 2. The number of benzene rings is 1. The van der Waals surface area contributed by atoms with Crippen LogP contribution in [0.1, 0.15) is 63.9 Å². The minimum absolute atomic E-state index is 0.184. The van der Waals surface area contributed by atoms with Gasteiger partial charge in [0.25, 0.3) is 0 Å². The Morgan fingerprint density at radius 2 is 1.91 bits per heavy atom. The molecule has 0 saturated carbocycles. The molecule has 8 heteroatoms. The maximum atomic E-state index is 13.1. The van der Waals surface area contributed by atoms with Crippen molar-refractivity contribution in [2.75, 3.05) is 11.9 Å². The minimum Gasteiger partial charge on any atom is -0.462 e. The zero-order valence-electron chi connectivity index (χ0n) is 19.9. The second-order valence-electron chi connectivity index (χ2n) is 8.46. The molecular formula is C26H29N3O3S2. The van der Waals surface area contributed by atoms with E-state index in [4.69, 9.17) is 4.74 Å². The van der Waals surface area contributed by atoms with Gasteiger partial charge >= 0.3 is 5.97 Å². The molecule has 34 heavy (non-hydrogen) atoms. The number of carbonyl (C=O) groups excluding carboxylic acids is 2. The van der Waals surface area contributed by atoms with E-state index in [-0.39, 0.29) is 11.9 Å². The van der Waals surface area contributed by atoms with Gasteiger partial charge in [0.05, 0.1) is 17.4 Å². The predicted molar refractivity (Wildman–Crippen MR) is 137 cm³/mol. The molecule has 0 aliphatic heterocycles. The van der Waals surface area contributed by atoms with Crippen LogP contribution < -0.4 is 5.32 Å². The molecule has 6 nitrogen and oxygen atoms in total. The second kappa shape index (κ2) is 10.7. The van der Waals surface area contributed by atoms with Gasteiger partial charge in [-0.25, -0.2) is 14.8 Å². The first-order valence-corrected chi connectivity index (χ1v) is 13.2. The number of anilines is 1. The van der Waals surface area contributed by atoms with Crippen molar-refractivity contribution in [1.82, 2.24) is 9.97 Å². The number of hydrogen-bond acceptors (Lipinski definition) is 7. The molecule has 2 aromatic heterocycles. The van der Waals surface area contributed by atoms with Gasteiger partial charge in [-0.2, -0.15) is 0 Å². The number of hydrogen-bond donors (Lipinski definition) is 1. The Hall–Kier alpha value is -2.71. The lowest BCUT2D eigenvalue weighted by atomic mass is 9.83. The molecule has 1 aliphatic rings. The molecule has 0 spiro atoms. The highest BCUT2D eigenvalue weighted by Crippen LogP contribution is 2.43. The van der Waals surface area contributed by atoms with Crippen LogP contribution in [-0.4, -0.2) is 33.7 Å². The number of thioether (sulfide) groups is 1. The molecule has 3 aromatic rings. The summed E-state index contributed by atoms with van der Waals surface area (Å²) in [6.45, 7) is 7.73. The monoisotopic (exact) mass is 495 g/mol. The molecule has 0 radical (unpaired) electrons. The van der Waals surface area contributed by atoms with Crippen molar-refractivity contribution >= 4 is 40.0 Å². The molecule has 178 valence electrons. The summed E-state index contributed by atoms with van der Waals surface area (Å²) >= 11 is 2.81. The highest BCUT2D eigenvalue weighted by atomic mass is 32.2. The number of amides is 1. The summed E-state index contributed by atoms with van der Waals surface area (Å²) in [5.41, 5.74) is 4.57. The van der Waals surface area contributed by atoms with E-state index in [1.54, 1.807) is 6.92 Å². The zero-order chi connectivity index (χ0) is 24.2. The molecule has 1 N–H and O–H groups in total. The molecule has 1 amide bonds. The van der Waals surface area contributed by atoms with Crippen LogP contribution >= 0.6 is 23.1 Å². The lowest BCUT2D eigenvalue weighted by molar-refractivity contribution is -0.115. The Morgan fingerprint density at radius 3 is 2.59 bits per heavy atom. The molecule has 1 aromatic carbocycles. The van der Waals surface area contributed by atoms with Gasteiger partial charge in [-0.15, -0.1) is 11.3 Å². The summed E-state index contributed by atoms with van der Waals surface area (Å²) in [7, 11) is 0. The van der Waals surface area contributed by atoms with E-state index in [1.807, 2.05) is 32.9 Å². The van der Waals surface area contributed by atoms with E-state index in [0.717, 1.165) is 41.1 Å². The highest BCUT2D eigenvalue weighted by molar-refractivity contribution is 8.00. The fourth-order valence-electron chi connectivity index (χ4n) is 4.27. The maximum absolute atomic E-state index is 13.1. The number of carbonyl (C=O) groups is 2. The standard InChI is InChI=1S/C26H29N3O3S2/c1-5-32-25(31)22-20-12-11-19(18-9-7-6-8-10-18)14-21(20)34-24(22)29-23(30)17(4)33-26-27-15(2)13-16(3)28-26/h6-10,13,17,19H,5,11-12,14H2,1-4H3,(H,29,30). The summed E-state index contributed by atoms with van der Waals surface area (Å²) in [6.07, 6.45) is 2.60. The van der Waals surface area contributed by atoms with Crippen molar-refractivity contribution in [2.24, 2.45) is 0 Å². The Morgan fingerprint density at radius 1 is 1.21 bits per heavy atom. The highest BCUT2D eigenvalue weighted by Gasteiger charge is 2.31. The second-order valence-corrected chi connectivity index (χ2v) is 10.9. The molecule has 2 heterocycles. The first kappa shape index (κ1) is 24.4. The lowest BCUT2D eigenvalue weighted by Crippen LogP contribution is -2.23. The van der Waals surface area contributed by atoms with Crippen LogP contribution in [0.25, 0.3) is 0 Å². The Bertz CT molecular complexity index is 1170. The summed E-state index contributed by atoms with van der Waals surface area (Å²) in [5, 5.41) is 3.74. The van der Waals surface area contributed by atoms with Crippen molar-refractivity contribution < 1.29 is 14.3 Å². The fraction of sp³-hybridized carbons (Fsp3) is 0.385. The quantitative estimate of drug-likeness (QED) is 0.256. The van der Waals surface area contributed by atoms with Crippen molar-refractivity contribution in [1.29, 1.82) is 0 Å². The molecule has 0 bridgehead atoms. The van der Waals surface area contributed by atoms with E-state index in [2.05, 4.69) is 39.6 Å². The van der Waals surface area contributed by atoms with Gasteiger partial charge < -0.3 is 10.1 Å². The summed E-state index contributed by atoms with van der Waals surface area (Å²) in [5.74, 6) is -0.148. The SMILES string of the molecule is CCOC(=O)c1c(NC(=O)C(C)Sc2nc(C)cc(C)n2)sc2c1CCC(c1ccccc1)C2. The van der Waals surface area contributed by atoms with E-state index in [0.29, 0.717) is 28.2 Å². The number of thiophene rings is 1. The van der Waals surface area contributed by atoms with E-state index in [9.17, 15) is 9.59 Å². The van der Waals surface area contributed by atoms with Crippen LogP contribution in [0.15, 0.2) is 41.6 Å². The molecule has 2 atom stereocenters. The van der Waals surface area contributed by atoms with Gasteiger partial charge in [0, 0.05) is 16.3 Å². The van der Waals surface area contributed by atoms with Crippen LogP contribution in [0.2, 0.25) is 0 Å². The zero-order valence-corrected chi connectivity index (χ0v) is 21.5. The minimum atomic E-state index is -0.424. The van der Waals surface area contributed by atoms with Crippen molar-refractivity contribution in [3.05, 3.63) is 69.4 Å². The normalized spacial score (nSPS) is 15.9. The predicted octanol–water partition coefficient (Wildman–Crippen LogP) is 5.72. The number of esters is 1. The number of fused-ring (bicyclic) bond motifs is 1. The number of ether oxygens (including phenoxy) is 1. The summed E-state index contributed by atoms with van der Waals surface area (Å²) < 4.78 is 5.36. The van der Waals surface area contributed by atoms with Gasteiger partial charge in [0.2, 0.25) is 5.91 Å². The third kappa shape index (κ3) is 5.50. The van der Waals surface area contributed by atoms with Gasteiger partial charge in [0.15, 0.2) is 5.16 Å². The van der Waals surface area contributed by atoms with Crippen molar-refractivity contribution in [3.8, 4) is 0 Å². The van der Waals surface area contributed by atoms with Crippen LogP contribution in [-0.2, 0) is 22.4 Å². The van der Waals surface area contributed by atoms with Crippen LogP contribution in [0.4, 0.5) is 5.00 Å². The summed E-state index contributed by atoms with van der Waals surface area (Å²) in [6, 6.07) is 12.4. The van der Waals surface area contributed by atoms with Gasteiger partial charge in [-0.1, -0.05) is 42.1 Å². The molecule has 0 fully saturated rings. The fourth-order valence-corrected chi connectivity index (χ4v) is 6.47. The first-order valence-electron chi connectivity index (χ1n) is 11.5. The van der Waals surface area contributed by atoms with Crippen LogP contribution in [0.5, 0.6) is 0 Å². The van der Waals surface area contributed by atoms with E-state index in [1.165, 1.54) is 28.7 Å². The Kier molecular flexibility index (Phi) is 7.68. The average molecular weight is 496 g/mol. The summed E-state index contributed by atoms with van der Waals surface area (Å²) in [4.78, 5) is 36.0. The van der Waals surface area contributed by atoms with E-state index >= 15 is 0 Å². The maximum Gasteiger partial charge on any atom is 0.341 e. The van der Waals surface area contributed by atoms with Gasteiger partial charge in [-0.05, 0) is 70.1 Å². The largest absolute Gasteiger partial charge is 0.462 e. The number of aromatic nitrogens is 2. The van der Waals surface area contributed by atoms with Crippen molar-refractivity contribution in [2.45, 2.75) is 63.3 Å². The Labute approximate surface area is 208 Å². The third-order valence-electron chi connectivity index (χ3n) is 5.87. The topological polar surface area (TPSA) is 81.2 Å². The Balaban J connectivity index is 1.56. The lowest BCUT2D eigenvalue weighted by Gasteiger charge is -2.23. The average Bonchev–Trinajstić information content (AvgIpc) is 3.16. The third-order valence-corrected chi connectivity index (χ3v) is 8.00. The smallest absolute Gasteiger partial charge is 0.341 e. The van der Waals surface area contributed by atoms with Gasteiger partial charge in [0.1, 0.15) is 5.00 Å². The molecule has 1 aliphatic carbocycles. The number of rotatable bonds is 7. The van der Waals surface area contributed by atoms with E-state index < -0.39 is 5.25 Å².